The molecule has 32 heavy (non-hydrogen) atoms. The van der Waals surface area contributed by atoms with Crippen molar-refractivity contribution in [1.29, 1.82) is 0 Å². The van der Waals surface area contributed by atoms with Gasteiger partial charge in [-0.3, -0.25) is 4.79 Å². The summed E-state index contributed by atoms with van der Waals surface area (Å²) < 4.78 is 6.53. The molecule has 0 aliphatic carbocycles. The number of hydrogen-bond donors (Lipinski definition) is 3. The van der Waals surface area contributed by atoms with Gasteiger partial charge in [-0.05, 0) is 16.7 Å². The molecule has 164 valence electrons. The first-order valence-electron chi connectivity index (χ1n) is 10.3. The molecule has 0 spiro atoms. The number of rotatable bonds is 8. The lowest BCUT2D eigenvalue weighted by atomic mass is 9.80. The van der Waals surface area contributed by atoms with Crippen molar-refractivity contribution in [3.05, 3.63) is 108 Å². The highest BCUT2D eigenvalue weighted by Gasteiger charge is 2.58. The quantitative estimate of drug-likeness (QED) is 0.373. The predicted octanol–water partition coefficient (Wildman–Crippen LogP) is 1.97. The molecule has 7 nitrogen and oxygen atoms in total. The summed E-state index contributed by atoms with van der Waals surface area (Å²) in [5.74, 6) is -0.715. The van der Waals surface area contributed by atoms with Gasteiger partial charge in [-0.1, -0.05) is 91.0 Å². The van der Waals surface area contributed by atoms with E-state index in [1.165, 1.54) is 0 Å². The molecule has 5 N–H and O–H groups in total. The summed E-state index contributed by atoms with van der Waals surface area (Å²) >= 11 is 0. The number of primary amides is 2. The first-order chi connectivity index (χ1) is 15.5. The van der Waals surface area contributed by atoms with Crippen LogP contribution in [0.3, 0.4) is 0 Å². The van der Waals surface area contributed by atoms with Gasteiger partial charge in [0, 0.05) is 0 Å². The van der Waals surface area contributed by atoms with Crippen molar-refractivity contribution in [3.8, 4) is 0 Å². The van der Waals surface area contributed by atoms with Crippen LogP contribution in [0.25, 0.3) is 0 Å². The number of ether oxygens (including phenoxy) is 1. The van der Waals surface area contributed by atoms with E-state index >= 15 is 0 Å². The normalized spacial score (nSPS) is 18.7. The molecule has 0 aromatic heterocycles. The van der Waals surface area contributed by atoms with Gasteiger partial charge in [-0.15, -0.1) is 0 Å². The van der Waals surface area contributed by atoms with Crippen LogP contribution in [0.15, 0.2) is 91.0 Å². The molecular weight excluding hydrogens is 406 g/mol. The fourth-order valence-electron chi connectivity index (χ4n) is 4.31. The molecule has 0 bridgehead atoms. The molecule has 1 aliphatic rings. The molecule has 7 heteroatoms. The first-order valence-corrected chi connectivity index (χ1v) is 10.3. The van der Waals surface area contributed by atoms with Gasteiger partial charge in [-0.25, -0.2) is 4.79 Å². The third-order valence-electron chi connectivity index (χ3n) is 5.81. The second-order valence-electron chi connectivity index (χ2n) is 7.74. The topological polar surface area (TPSA) is 119 Å². The van der Waals surface area contributed by atoms with E-state index in [-0.39, 0.29) is 6.61 Å². The van der Waals surface area contributed by atoms with Gasteiger partial charge >= 0.3 is 6.03 Å². The highest BCUT2D eigenvalue weighted by Crippen LogP contribution is 2.41. The van der Waals surface area contributed by atoms with Crippen LogP contribution in [-0.2, 0) is 15.1 Å². The van der Waals surface area contributed by atoms with Crippen LogP contribution in [0.4, 0.5) is 4.79 Å². The summed E-state index contributed by atoms with van der Waals surface area (Å²) in [6, 6.07) is 26.5. The zero-order valence-electron chi connectivity index (χ0n) is 17.4. The van der Waals surface area contributed by atoms with Crippen molar-refractivity contribution < 1.29 is 19.4 Å². The maximum absolute atomic E-state index is 11.7. The van der Waals surface area contributed by atoms with E-state index in [0.29, 0.717) is 0 Å². The van der Waals surface area contributed by atoms with Gasteiger partial charge in [0.25, 0.3) is 0 Å². The average Bonchev–Trinajstić information content (AvgIpc) is 3.58. The minimum absolute atomic E-state index is 0.156. The SMILES string of the molecule is NC(=O)[C@@H]1[C@H]([C@H](O)COC(c2ccccc2)(c2ccccc2)c2ccccc2)N1C(N)=O. The molecule has 4 rings (SSSR count). The molecule has 3 aromatic carbocycles. The largest absolute Gasteiger partial charge is 0.388 e. The summed E-state index contributed by atoms with van der Waals surface area (Å²) in [6.07, 6.45) is -1.16. The van der Waals surface area contributed by atoms with E-state index in [2.05, 4.69) is 0 Å². The Bertz CT molecular complexity index is 959. The Morgan fingerprint density at radius 1 is 0.844 bits per heavy atom. The van der Waals surface area contributed by atoms with Crippen molar-refractivity contribution in [1.82, 2.24) is 4.90 Å². The summed E-state index contributed by atoms with van der Waals surface area (Å²) in [5.41, 5.74) is 12.3. The molecule has 3 amide bonds. The van der Waals surface area contributed by atoms with Gasteiger partial charge in [-0.2, -0.15) is 0 Å². The van der Waals surface area contributed by atoms with E-state index in [4.69, 9.17) is 16.2 Å². The van der Waals surface area contributed by atoms with Crippen molar-refractivity contribution in [3.63, 3.8) is 0 Å². The summed E-state index contributed by atoms with van der Waals surface area (Å²) in [7, 11) is 0. The van der Waals surface area contributed by atoms with Gasteiger partial charge in [0.2, 0.25) is 5.91 Å². The van der Waals surface area contributed by atoms with Crippen LogP contribution in [0.2, 0.25) is 0 Å². The Kier molecular flexibility index (Phi) is 5.94. The third-order valence-corrected chi connectivity index (χ3v) is 5.81. The van der Waals surface area contributed by atoms with E-state index in [0.717, 1.165) is 21.6 Å². The maximum atomic E-state index is 11.7. The first kappa shape index (κ1) is 21.5. The molecular formula is C25H25N3O4. The van der Waals surface area contributed by atoms with E-state index < -0.39 is 35.7 Å². The van der Waals surface area contributed by atoms with Gasteiger partial charge in [0.1, 0.15) is 17.7 Å². The summed E-state index contributed by atoms with van der Waals surface area (Å²) in [5, 5.41) is 10.8. The zero-order chi connectivity index (χ0) is 22.7. The summed E-state index contributed by atoms with van der Waals surface area (Å²) in [4.78, 5) is 24.4. The van der Waals surface area contributed by atoms with Crippen molar-refractivity contribution in [2.24, 2.45) is 11.5 Å². The minimum Gasteiger partial charge on any atom is -0.388 e. The number of amides is 3. The zero-order valence-corrected chi connectivity index (χ0v) is 17.4. The number of benzene rings is 3. The number of urea groups is 1. The molecule has 1 fully saturated rings. The monoisotopic (exact) mass is 431 g/mol. The number of carbonyl (C=O) groups excluding carboxylic acids is 2. The van der Waals surface area contributed by atoms with E-state index in [1.54, 1.807) is 0 Å². The van der Waals surface area contributed by atoms with Crippen LogP contribution in [0.5, 0.6) is 0 Å². The lowest BCUT2D eigenvalue weighted by Gasteiger charge is -2.36. The molecule has 1 heterocycles. The smallest absolute Gasteiger partial charge is 0.315 e. The lowest BCUT2D eigenvalue weighted by Crippen LogP contribution is -2.38. The Morgan fingerprint density at radius 3 is 1.56 bits per heavy atom. The summed E-state index contributed by atoms with van der Waals surface area (Å²) in [6.45, 7) is -0.156. The minimum atomic E-state index is -1.16. The lowest BCUT2D eigenvalue weighted by molar-refractivity contribution is -0.118. The Balaban J connectivity index is 1.74. The average molecular weight is 431 g/mol. The molecule has 3 aromatic rings. The molecule has 1 aliphatic heterocycles. The van der Waals surface area contributed by atoms with Crippen LogP contribution < -0.4 is 11.5 Å². The highest BCUT2D eigenvalue weighted by molar-refractivity contribution is 5.92. The number of aliphatic hydroxyl groups is 1. The predicted molar refractivity (Wildman–Crippen MR) is 119 cm³/mol. The number of nitrogens with two attached hydrogens (primary N) is 2. The van der Waals surface area contributed by atoms with E-state index in [1.807, 2.05) is 91.0 Å². The number of hydrogen-bond acceptors (Lipinski definition) is 4. The standard InChI is InChI=1S/C25H25N3O4/c26-23(30)22-21(28(22)24(27)31)20(29)16-32-25(17-10-4-1-5-11-17,18-12-6-2-7-13-18)19-14-8-3-9-15-19/h1-15,20-22,29H,16H2,(H2,26,30)(H2,27,31)/t20-,21+,22+,28?/m1/s1. The van der Waals surface area contributed by atoms with Crippen molar-refractivity contribution >= 4 is 11.9 Å². The number of aliphatic hydroxyl groups excluding tert-OH is 1. The second kappa shape index (κ2) is 8.82. The van der Waals surface area contributed by atoms with Crippen molar-refractivity contribution in [2.45, 2.75) is 23.8 Å². The Hall–Kier alpha value is -3.68. The second-order valence-corrected chi connectivity index (χ2v) is 7.74. The van der Waals surface area contributed by atoms with Crippen LogP contribution >= 0.6 is 0 Å². The fourth-order valence-corrected chi connectivity index (χ4v) is 4.31. The van der Waals surface area contributed by atoms with Crippen molar-refractivity contribution in [2.75, 3.05) is 6.61 Å². The number of nitrogens with zero attached hydrogens (tertiary/aromatic N) is 1. The Morgan fingerprint density at radius 2 is 1.25 bits per heavy atom. The third kappa shape index (κ3) is 3.84. The van der Waals surface area contributed by atoms with E-state index in [9.17, 15) is 14.7 Å². The molecule has 1 saturated heterocycles. The fraction of sp³-hybridized carbons (Fsp3) is 0.200. The van der Waals surface area contributed by atoms with Crippen LogP contribution in [0.1, 0.15) is 16.7 Å². The number of carbonyl (C=O) groups is 2. The molecule has 3 atom stereocenters. The molecule has 0 radical (unpaired) electrons. The maximum Gasteiger partial charge on any atom is 0.315 e. The van der Waals surface area contributed by atoms with Crippen LogP contribution in [-0.4, -0.2) is 46.7 Å². The van der Waals surface area contributed by atoms with Gasteiger partial charge in [0.15, 0.2) is 0 Å². The van der Waals surface area contributed by atoms with Gasteiger partial charge < -0.3 is 26.2 Å². The molecule has 0 unspecified atom stereocenters. The van der Waals surface area contributed by atoms with Crippen LogP contribution in [0, 0.1) is 0 Å². The Labute approximate surface area is 186 Å². The van der Waals surface area contributed by atoms with Gasteiger partial charge in [0.05, 0.1) is 12.6 Å². The highest BCUT2D eigenvalue weighted by atomic mass is 16.5. The molecule has 0 saturated carbocycles.